The van der Waals surface area contributed by atoms with E-state index in [0.717, 1.165) is 17.5 Å². The summed E-state index contributed by atoms with van der Waals surface area (Å²) >= 11 is 0. The minimum atomic E-state index is -0.581. The molecular weight excluding hydrogens is 449 g/mol. The number of benzene rings is 2. The maximum absolute atomic E-state index is 15.5. The van der Waals surface area contributed by atoms with Crippen LogP contribution in [0.3, 0.4) is 0 Å². The quantitative estimate of drug-likeness (QED) is 0.542. The number of carbonyl (C=O) groups excluding carboxylic acids is 3. The van der Waals surface area contributed by atoms with Crippen LogP contribution in [0.15, 0.2) is 53.0 Å². The molecule has 0 saturated heterocycles. The normalized spacial score (nSPS) is 17.7. The third-order valence-corrected chi connectivity index (χ3v) is 6.77. The van der Waals surface area contributed by atoms with Crippen molar-refractivity contribution in [3.63, 3.8) is 0 Å². The molecule has 0 N–H and O–H groups in total. The van der Waals surface area contributed by atoms with E-state index in [0.29, 0.717) is 42.7 Å². The summed E-state index contributed by atoms with van der Waals surface area (Å²) in [4.78, 5) is 42.1. The topological polar surface area (TPSA) is 74.1 Å². The second kappa shape index (κ2) is 9.02. The first-order valence-electron chi connectivity index (χ1n) is 11.6. The summed E-state index contributed by atoms with van der Waals surface area (Å²) in [6, 6.07) is 11.9. The van der Waals surface area contributed by atoms with E-state index in [1.807, 2.05) is 30.3 Å². The zero-order valence-corrected chi connectivity index (χ0v) is 19.7. The monoisotopic (exact) mass is 475 g/mol. The van der Waals surface area contributed by atoms with Gasteiger partial charge in [0, 0.05) is 51.8 Å². The van der Waals surface area contributed by atoms with Gasteiger partial charge in [0.25, 0.3) is 5.91 Å². The van der Waals surface area contributed by atoms with E-state index in [-0.39, 0.29) is 29.5 Å². The Bertz CT molecular complexity index is 1360. The summed E-state index contributed by atoms with van der Waals surface area (Å²) < 4.78 is 21.1. The van der Waals surface area contributed by atoms with Crippen molar-refractivity contribution >= 4 is 34.8 Å². The van der Waals surface area contributed by atoms with Crippen molar-refractivity contribution in [3.8, 4) is 0 Å². The van der Waals surface area contributed by atoms with Crippen LogP contribution in [0.2, 0.25) is 0 Å². The van der Waals surface area contributed by atoms with Gasteiger partial charge in [-0.25, -0.2) is 4.39 Å². The van der Waals surface area contributed by atoms with Crippen molar-refractivity contribution in [2.24, 2.45) is 0 Å². The Kier molecular flexibility index (Phi) is 5.88. The minimum absolute atomic E-state index is 0.0713. The van der Waals surface area contributed by atoms with Gasteiger partial charge in [-0.3, -0.25) is 14.4 Å². The molecule has 0 fully saturated rings. The van der Waals surface area contributed by atoms with E-state index in [2.05, 4.69) is 0 Å². The highest BCUT2D eigenvalue weighted by atomic mass is 19.1. The summed E-state index contributed by atoms with van der Waals surface area (Å²) in [5.41, 5.74) is 3.48. The van der Waals surface area contributed by atoms with Gasteiger partial charge in [-0.05, 0) is 35.3 Å². The first-order chi connectivity index (χ1) is 16.9. The lowest BCUT2D eigenvalue weighted by Gasteiger charge is -2.37. The molecule has 1 unspecified atom stereocenters. The third-order valence-electron chi connectivity index (χ3n) is 6.77. The van der Waals surface area contributed by atoms with Crippen molar-refractivity contribution in [2.75, 3.05) is 27.2 Å². The number of fused-ring (bicyclic) bond motifs is 2. The van der Waals surface area contributed by atoms with Crippen molar-refractivity contribution in [1.29, 1.82) is 0 Å². The molecule has 0 saturated carbocycles. The molecule has 0 spiro atoms. The lowest BCUT2D eigenvalue weighted by Crippen LogP contribution is -2.52. The molecule has 35 heavy (non-hydrogen) atoms. The van der Waals surface area contributed by atoms with Gasteiger partial charge in [-0.2, -0.15) is 0 Å². The van der Waals surface area contributed by atoms with E-state index in [1.165, 1.54) is 11.0 Å². The van der Waals surface area contributed by atoms with E-state index < -0.39 is 11.9 Å². The zero-order valence-electron chi connectivity index (χ0n) is 19.7. The average molecular weight is 476 g/mol. The SMILES string of the molecule is CN(C)C(=O)c1cc2c(F)c(C3=CCCN(C(=O)C4Cc5ccccc5CN4C=O)C3)ccc2o1. The van der Waals surface area contributed by atoms with E-state index in [1.54, 1.807) is 36.0 Å². The number of furan rings is 1. The lowest BCUT2D eigenvalue weighted by atomic mass is 9.92. The average Bonchev–Trinajstić information content (AvgIpc) is 3.32. The summed E-state index contributed by atoms with van der Waals surface area (Å²) in [5, 5.41) is 0.230. The maximum Gasteiger partial charge on any atom is 0.289 e. The zero-order chi connectivity index (χ0) is 24.7. The molecule has 2 aromatic carbocycles. The number of hydrogen-bond acceptors (Lipinski definition) is 4. The maximum atomic E-state index is 15.5. The molecule has 180 valence electrons. The highest BCUT2D eigenvalue weighted by Gasteiger charge is 2.34. The molecule has 3 amide bonds. The Balaban J connectivity index is 1.39. The number of amides is 3. The van der Waals surface area contributed by atoms with Crippen LogP contribution in [-0.2, 0) is 22.6 Å². The van der Waals surface area contributed by atoms with Gasteiger partial charge in [0.05, 0.1) is 5.39 Å². The Morgan fingerprint density at radius 2 is 1.89 bits per heavy atom. The molecule has 0 bridgehead atoms. The van der Waals surface area contributed by atoms with Crippen LogP contribution in [0.1, 0.15) is 33.7 Å². The number of nitrogens with zero attached hydrogens (tertiary/aromatic N) is 3. The van der Waals surface area contributed by atoms with E-state index in [4.69, 9.17) is 4.42 Å². The molecule has 2 aliphatic rings. The van der Waals surface area contributed by atoms with Crippen LogP contribution < -0.4 is 0 Å². The first kappa shape index (κ1) is 22.8. The van der Waals surface area contributed by atoms with Gasteiger partial charge in [-0.15, -0.1) is 0 Å². The summed E-state index contributed by atoms with van der Waals surface area (Å²) in [6.45, 7) is 1.14. The number of hydrogen-bond donors (Lipinski definition) is 0. The fourth-order valence-electron chi connectivity index (χ4n) is 4.87. The predicted octanol–water partition coefficient (Wildman–Crippen LogP) is 3.47. The van der Waals surface area contributed by atoms with Crippen LogP contribution in [0, 0.1) is 5.82 Å². The molecule has 8 heteroatoms. The van der Waals surface area contributed by atoms with Crippen molar-refractivity contribution in [2.45, 2.75) is 25.4 Å². The van der Waals surface area contributed by atoms with Crippen molar-refractivity contribution in [3.05, 3.63) is 76.8 Å². The van der Waals surface area contributed by atoms with Gasteiger partial charge in [0.1, 0.15) is 17.4 Å². The van der Waals surface area contributed by atoms with Crippen molar-refractivity contribution in [1.82, 2.24) is 14.7 Å². The smallest absolute Gasteiger partial charge is 0.289 e. The molecular formula is C27H26FN3O4. The van der Waals surface area contributed by atoms with Crippen LogP contribution in [0.5, 0.6) is 0 Å². The Labute approximate surface area is 202 Å². The molecule has 0 aliphatic carbocycles. The molecule has 7 nitrogen and oxygen atoms in total. The van der Waals surface area contributed by atoms with Gasteiger partial charge in [0.2, 0.25) is 12.3 Å². The van der Waals surface area contributed by atoms with Crippen LogP contribution in [0.25, 0.3) is 16.5 Å². The lowest BCUT2D eigenvalue weighted by molar-refractivity contribution is -0.141. The molecule has 3 heterocycles. The Hall–Kier alpha value is -3.94. The largest absolute Gasteiger partial charge is 0.451 e. The summed E-state index contributed by atoms with van der Waals surface area (Å²) in [5.74, 6) is -0.891. The van der Waals surface area contributed by atoms with Crippen molar-refractivity contribution < 1.29 is 23.2 Å². The summed E-state index contributed by atoms with van der Waals surface area (Å²) in [7, 11) is 3.21. The standard InChI is InChI=1S/C27H26FN3O4/c1-29(2)27(34)24-13-21-23(35-24)10-9-20(25(21)28)19-8-5-11-30(15-19)26(33)22-12-17-6-3-4-7-18(17)14-31(22)16-32/h3-4,6-10,13,16,22H,5,11-12,14-15H2,1-2H3. The fraction of sp³-hybridized carbons (Fsp3) is 0.296. The van der Waals surface area contributed by atoms with Crippen LogP contribution in [0.4, 0.5) is 4.39 Å². The van der Waals surface area contributed by atoms with E-state index in [9.17, 15) is 14.4 Å². The van der Waals surface area contributed by atoms with Gasteiger partial charge in [0.15, 0.2) is 5.76 Å². The van der Waals surface area contributed by atoms with Gasteiger partial charge < -0.3 is 19.1 Å². The fourth-order valence-corrected chi connectivity index (χ4v) is 4.87. The number of halogens is 1. The predicted molar refractivity (Wildman–Crippen MR) is 129 cm³/mol. The number of carbonyl (C=O) groups is 3. The highest BCUT2D eigenvalue weighted by Crippen LogP contribution is 2.32. The molecule has 3 aromatic rings. The first-order valence-corrected chi connectivity index (χ1v) is 11.6. The van der Waals surface area contributed by atoms with Crippen LogP contribution >= 0.6 is 0 Å². The molecule has 1 atom stereocenters. The second-order valence-electron chi connectivity index (χ2n) is 9.19. The summed E-state index contributed by atoms with van der Waals surface area (Å²) in [6.07, 6.45) is 3.71. The van der Waals surface area contributed by atoms with Crippen LogP contribution in [-0.4, -0.2) is 66.2 Å². The second-order valence-corrected chi connectivity index (χ2v) is 9.19. The molecule has 1 aromatic heterocycles. The Morgan fingerprint density at radius 3 is 2.63 bits per heavy atom. The minimum Gasteiger partial charge on any atom is -0.451 e. The third kappa shape index (κ3) is 4.09. The van der Waals surface area contributed by atoms with Gasteiger partial charge >= 0.3 is 0 Å². The molecule has 5 rings (SSSR count). The Morgan fingerprint density at radius 1 is 1.11 bits per heavy atom. The molecule has 2 aliphatic heterocycles. The molecule has 0 radical (unpaired) electrons. The highest BCUT2D eigenvalue weighted by molar-refractivity contribution is 5.97. The number of rotatable bonds is 4. The van der Waals surface area contributed by atoms with E-state index >= 15 is 4.39 Å². The van der Waals surface area contributed by atoms with Gasteiger partial charge in [-0.1, -0.05) is 30.3 Å².